The summed E-state index contributed by atoms with van der Waals surface area (Å²) in [6, 6.07) is 14.4. The van der Waals surface area contributed by atoms with Crippen molar-refractivity contribution in [2.24, 2.45) is 0 Å². The molecule has 0 saturated carbocycles. The van der Waals surface area contributed by atoms with Crippen LogP contribution < -0.4 is 5.43 Å². The molecule has 4 aromatic rings. The summed E-state index contributed by atoms with van der Waals surface area (Å²) in [7, 11) is 0. The van der Waals surface area contributed by atoms with Crippen LogP contribution in [0.5, 0.6) is 0 Å². The maximum atomic E-state index is 12.0. The fourth-order valence-electron chi connectivity index (χ4n) is 2.44. The highest BCUT2D eigenvalue weighted by molar-refractivity contribution is 6.31. The topological polar surface area (TPSA) is 34.6 Å². The molecule has 0 bridgehead atoms. The molecule has 0 aliphatic rings. The van der Waals surface area contributed by atoms with E-state index < -0.39 is 0 Å². The average Bonchev–Trinajstić information content (AvgIpc) is 2.76. The van der Waals surface area contributed by atoms with Crippen LogP contribution in [0, 0.1) is 0 Å². The van der Waals surface area contributed by atoms with Crippen molar-refractivity contribution < 1.29 is 4.42 Å². The molecule has 4 heteroatoms. The number of oxazole rings is 1. The fraction of sp³-hybridized carbons (Fsp3) is 0. The second-order valence-electron chi connectivity index (χ2n) is 4.41. The van der Waals surface area contributed by atoms with Gasteiger partial charge in [-0.2, -0.15) is 0 Å². The molecule has 92 valence electrons. The molecule has 0 amide bonds. The third kappa shape index (κ3) is 1.42. The lowest BCUT2D eigenvalue weighted by molar-refractivity contribution is 0.655. The number of aromatic nitrogens is 1. The Morgan fingerprint density at radius 1 is 1.00 bits per heavy atom. The first-order chi connectivity index (χ1) is 9.24. The zero-order valence-electron chi connectivity index (χ0n) is 9.76. The van der Waals surface area contributed by atoms with Gasteiger partial charge >= 0.3 is 0 Å². The maximum absolute atomic E-state index is 12.0. The van der Waals surface area contributed by atoms with Gasteiger partial charge in [0.05, 0.1) is 11.0 Å². The predicted molar refractivity (Wildman–Crippen MR) is 76.0 cm³/mol. The lowest BCUT2D eigenvalue weighted by Gasteiger charge is -2.00. The Morgan fingerprint density at radius 3 is 2.74 bits per heavy atom. The van der Waals surface area contributed by atoms with E-state index in [1.807, 2.05) is 40.8 Å². The summed E-state index contributed by atoms with van der Waals surface area (Å²) in [5.41, 5.74) is 2.88. The lowest BCUT2D eigenvalue weighted by Crippen LogP contribution is -2.02. The molecule has 2 aromatic heterocycles. The van der Waals surface area contributed by atoms with Gasteiger partial charge < -0.3 is 4.42 Å². The molecule has 0 fully saturated rings. The molecule has 0 unspecified atom stereocenters. The molecule has 0 saturated heterocycles. The van der Waals surface area contributed by atoms with Crippen LogP contribution in [0.4, 0.5) is 0 Å². The van der Waals surface area contributed by atoms with E-state index >= 15 is 0 Å². The van der Waals surface area contributed by atoms with Crippen molar-refractivity contribution in [2.45, 2.75) is 0 Å². The number of fused-ring (bicyclic) bond motifs is 5. The quantitative estimate of drug-likeness (QED) is 0.486. The number of nitrogens with zero attached hydrogens (tertiary/aromatic N) is 1. The molecular weight excluding hydrogens is 262 g/mol. The van der Waals surface area contributed by atoms with Gasteiger partial charge in [0.1, 0.15) is 0 Å². The summed E-state index contributed by atoms with van der Waals surface area (Å²) in [5, 5.41) is 1.31. The Balaban J connectivity index is 2.40. The van der Waals surface area contributed by atoms with Crippen LogP contribution in [0.1, 0.15) is 0 Å². The molecule has 0 radical (unpaired) electrons. The summed E-state index contributed by atoms with van der Waals surface area (Å²) in [4.78, 5) is 12.0. The zero-order valence-corrected chi connectivity index (χ0v) is 10.5. The van der Waals surface area contributed by atoms with Gasteiger partial charge in [-0.25, -0.2) is 0 Å². The molecule has 2 heterocycles. The second-order valence-corrected chi connectivity index (χ2v) is 4.85. The van der Waals surface area contributed by atoms with Gasteiger partial charge in [0, 0.05) is 16.5 Å². The molecular formula is C15H8ClNO2. The summed E-state index contributed by atoms with van der Waals surface area (Å²) >= 11 is 6.04. The molecule has 0 atom stereocenters. The summed E-state index contributed by atoms with van der Waals surface area (Å²) in [6.07, 6.45) is 0. The first-order valence-corrected chi connectivity index (χ1v) is 6.24. The van der Waals surface area contributed by atoms with E-state index in [9.17, 15) is 4.79 Å². The molecule has 0 spiro atoms. The highest BCUT2D eigenvalue weighted by Crippen LogP contribution is 2.26. The average molecular weight is 270 g/mol. The van der Waals surface area contributed by atoms with E-state index in [-0.39, 0.29) is 5.43 Å². The normalized spacial score (nSPS) is 11.6. The standard InChI is InChI=1S/C15H8ClNO2/c16-9-5-6-14-12(7-9)17-11-4-2-1-3-10(11)13(18)8-15(17)19-14/h1-8H. The van der Waals surface area contributed by atoms with Crippen molar-refractivity contribution in [1.29, 1.82) is 0 Å². The third-order valence-corrected chi connectivity index (χ3v) is 3.50. The van der Waals surface area contributed by atoms with Crippen LogP contribution >= 0.6 is 11.6 Å². The SMILES string of the molecule is O=c1cc2oc3ccc(Cl)cc3n2c2ccccc12. The van der Waals surface area contributed by atoms with Crippen LogP contribution in [0.3, 0.4) is 0 Å². The smallest absolute Gasteiger partial charge is 0.209 e. The summed E-state index contributed by atoms with van der Waals surface area (Å²) in [6.45, 7) is 0. The lowest BCUT2D eigenvalue weighted by atomic mass is 10.2. The van der Waals surface area contributed by atoms with Crippen LogP contribution in [0.15, 0.2) is 57.7 Å². The number of halogens is 1. The van der Waals surface area contributed by atoms with Crippen molar-refractivity contribution in [3.8, 4) is 0 Å². The van der Waals surface area contributed by atoms with Gasteiger partial charge in [-0.15, -0.1) is 0 Å². The van der Waals surface area contributed by atoms with E-state index in [4.69, 9.17) is 16.0 Å². The number of para-hydroxylation sites is 1. The minimum Gasteiger partial charge on any atom is -0.438 e. The molecule has 2 aromatic carbocycles. The molecule has 3 nitrogen and oxygen atoms in total. The molecule has 19 heavy (non-hydrogen) atoms. The Hall–Kier alpha value is -2.26. The van der Waals surface area contributed by atoms with Crippen molar-refractivity contribution in [1.82, 2.24) is 4.40 Å². The number of hydrogen-bond donors (Lipinski definition) is 0. The number of pyridine rings is 1. The highest BCUT2D eigenvalue weighted by Gasteiger charge is 2.11. The Kier molecular flexibility index (Phi) is 2.03. The molecule has 0 aliphatic heterocycles. The van der Waals surface area contributed by atoms with Gasteiger partial charge in [0.15, 0.2) is 11.0 Å². The Labute approximate surface area is 112 Å². The van der Waals surface area contributed by atoms with Gasteiger partial charge in [0.2, 0.25) is 5.71 Å². The second kappa shape index (κ2) is 3.62. The number of hydrogen-bond acceptors (Lipinski definition) is 2. The number of rotatable bonds is 0. The van der Waals surface area contributed by atoms with Crippen LogP contribution in [0.25, 0.3) is 27.7 Å². The predicted octanol–water partition coefficient (Wildman–Crippen LogP) is 3.85. The van der Waals surface area contributed by atoms with Crippen LogP contribution in [-0.2, 0) is 0 Å². The molecule has 0 aliphatic carbocycles. The minimum atomic E-state index is -0.0410. The van der Waals surface area contributed by atoms with Gasteiger partial charge in [0.25, 0.3) is 0 Å². The fourth-order valence-corrected chi connectivity index (χ4v) is 2.60. The van der Waals surface area contributed by atoms with Crippen molar-refractivity contribution in [3.05, 3.63) is 63.8 Å². The minimum absolute atomic E-state index is 0.0410. The van der Waals surface area contributed by atoms with Crippen LogP contribution in [-0.4, -0.2) is 4.40 Å². The Morgan fingerprint density at radius 2 is 1.84 bits per heavy atom. The molecule has 0 N–H and O–H groups in total. The van der Waals surface area contributed by atoms with Crippen molar-refractivity contribution >= 4 is 39.3 Å². The van der Waals surface area contributed by atoms with E-state index in [2.05, 4.69) is 0 Å². The molecule has 4 rings (SSSR count). The van der Waals surface area contributed by atoms with E-state index in [1.54, 1.807) is 6.07 Å². The van der Waals surface area contributed by atoms with E-state index in [0.717, 1.165) is 11.0 Å². The first-order valence-electron chi connectivity index (χ1n) is 5.86. The third-order valence-electron chi connectivity index (χ3n) is 3.26. The summed E-state index contributed by atoms with van der Waals surface area (Å²) in [5.74, 6) is 0. The zero-order chi connectivity index (χ0) is 13.0. The number of benzene rings is 2. The van der Waals surface area contributed by atoms with E-state index in [0.29, 0.717) is 21.7 Å². The maximum Gasteiger partial charge on any atom is 0.209 e. The Bertz CT molecular complexity index is 997. The van der Waals surface area contributed by atoms with Crippen molar-refractivity contribution in [2.75, 3.05) is 0 Å². The van der Waals surface area contributed by atoms with E-state index in [1.165, 1.54) is 6.07 Å². The first kappa shape index (κ1) is 10.6. The van der Waals surface area contributed by atoms with Gasteiger partial charge in [-0.1, -0.05) is 23.7 Å². The largest absolute Gasteiger partial charge is 0.438 e. The van der Waals surface area contributed by atoms with Gasteiger partial charge in [-0.3, -0.25) is 9.20 Å². The summed E-state index contributed by atoms with van der Waals surface area (Å²) < 4.78 is 7.62. The van der Waals surface area contributed by atoms with Crippen molar-refractivity contribution in [3.63, 3.8) is 0 Å². The van der Waals surface area contributed by atoms with Gasteiger partial charge in [-0.05, 0) is 30.3 Å². The monoisotopic (exact) mass is 269 g/mol. The highest BCUT2D eigenvalue weighted by atomic mass is 35.5. The van der Waals surface area contributed by atoms with Crippen LogP contribution in [0.2, 0.25) is 5.02 Å².